The molecule has 11 aromatic rings. The fraction of sp³-hybridized carbons (Fsp3) is 0.0968. The Hall–Kier alpha value is -8.08. The quantitative estimate of drug-likeness (QED) is 0.129. The molecule has 0 spiro atoms. The largest absolute Gasteiger partial charge is 0.309 e. The smallest absolute Gasteiger partial charge is 0.160 e. The van der Waals surface area contributed by atoms with Crippen molar-refractivity contribution < 1.29 is 0 Å². The third kappa shape index (κ3) is 6.94. The van der Waals surface area contributed by atoms with Crippen LogP contribution in [0.3, 0.4) is 0 Å². The van der Waals surface area contributed by atoms with Gasteiger partial charge in [-0.15, -0.1) is 0 Å². The first kappa shape index (κ1) is 39.5. The zero-order valence-corrected chi connectivity index (χ0v) is 37.0. The lowest BCUT2D eigenvalue weighted by atomic mass is 9.93. The van der Waals surface area contributed by atoms with Crippen molar-refractivity contribution >= 4 is 60.0 Å². The normalized spacial score (nSPS) is 13.5. The average molecular weight is 849 g/mol. The topological polar surface area (TPSA) is 35.6 Å². The molecule has 0 atom stereocenters. The molecule has 3 heterocycles. The van der Waals surface area contributed by atoms with E-state index in [4.69, 9.17) is 9.97 Å². The number of fused-ring (bicyclic) bond motifs is 7. The van der Waals surface area contributed by atoms with Gasteiger partial charge >= 0.3 is 0 Å². The molecule has 4 heteroatoms. The third-order valence-electron chi connectivity index (χ3n) is 13.5. The van der Waals surface area contributed by atoms with E-state index in [2.05, 4.69) is 228 Å². The predicted octanol–water partition coefficient (Wildman–Crippen LogP) is 16.7. The molecular weight excluding hydrogens is 801 g/mol. The van der Waals surface area contributed by atoms with Crippen molar-refractivity contribution in [2.75, 3.05) is 0 Å². The van der Waals surface area contributed by atoms with Crippen LogP contribution < -0.4 is 0 Å². The number of para-hydroxylation sites is 3. The molecule has 0 saturated carbocycles. The van der Waals surface area contributed by atoms with Crippen molar-refractivity contribution in [1.82, 2.24) is 19.1 Å². The Balaban J connectivity index is 1.02. The van der Waals surface area contributed by atoms with Crippen molar-refractivity contribution in [3.8, 4) is 45.1 Å². The van der Waals surface area contributed by atoms with Crippen LogP contribution in [-0.2, 0) is 0 Å². The van der Waals surface area contributed by atoms with Crippen LogP contribution in [0.25, 0.3) is 105 Å². The zero-order valence-electron chi connectivity index (χ0n) is 37.0. The SMILES string of the molecule is CCCCC/C(=C1/C=CC=CC1)c1cc(-c2cccc3ccccc23)nc(-c2cccc(-n3c4ccccc4c4ccc(-c5ccc6c(c5)c5ccccc5n6-c5ccccc5)cc43)c2)n1. The number of hydrogen-bond donors (Lipinski definition) is 0. The van der Waals surface area contributed by atoms with Gasteiger partial charge in [-0.05, 0) is 113 Å². The van der Waals surface area contributed by atoms with Gasteiger partial charge in [0.1, 0.15) is 0 Å². The molecule has 0 bridgehead atoms. The highest BCUT2D eigenvalue weighted by Gasteiger charge is 2.19. The van der Waals surface area contributed by atoms with E-state index in [-0.39, 0.29) is 0 Å². The lowest BCUT2D eigenvalue weighted by molar-refractivity contribution is 0.732. The standard InChI is InChI=1S/C62H48N4/c1-2-3-6-28-50(43-19-7-4-8-20-43)56-41-57(51-31-18-22-42-21-11-12-27-49(42)51)64-62(63-56)46-23-17-26-48(38-46)66-58-32-15-13-29-52(58)54-36-34-45(40-61(54)66)44-35-37-60-55(39-44)53-30-14-16-33-59(53)65(60)47-24-9-5-10-25-47/h4-5,7-19,21-27,29-41H,2-3,6,20,28H2,1H3/b50-43+. The van der Waals surface area contributed by atoms with Crippen LogP contribution in [0.5, 0.6) is 0 Å². The summed E-state index contributed by atoms with van der Waals surface area (Å²) in [5.74, 6) is 0.727. The van der Waals surface area contributed by atoms with Crippen molar-refractivity contribution in [2.45, 2.75) is 39.0 Å². The van der Waals surface area contributed by atoms with Crippen LogP contribution in [0.15, 0.2) is 218 Å². The highest BCUT2D eigenvalue weighted by Crippen LogP contribution is 2.40. The monoisotopic (exact) mass is 848 g/mol. The summed E-state index contributed by atoms with van der Waals surface area (Å²) in [7, 11) is 0. The van der Waals surface area contributed by atoms with Crippen LogP contribution in [0.1, 0.15) is 44.7 Å². The van der Waals surface area contributed by atoms with E-state index in [0.717, 1.165) is 70.0 Å². The van der Waals surface area contributed by atoms with Gasteiger partial charge in [-0.2, -0.15) is 0 Å². The molecule has 12 rings (SSSR count). The Morgan fingerprint density at radius 1 is 0.485 bits per heavy atom. The van der Waals surface area contributed by atoms with Gasteiger partial charge in [0.2, 0.25) is 0 Å². The summed E-state index contributed by atoms with van der Waals surface area (Å²) < 4.78 is 4.80. The minimum atomic E-state index is 0.727. The molecule has 3 aromatic heterocycles. The number of hydrogen-bond acceptors (Lipinski definition) is 2. The first-order valence-corrected chi connectivity index (χ1v) is 23.4. The Labute approximate surface area is 385 Å². The summed E-state index contributed by atoms with van der Waals surface area (Å²) in [5, 5.41) is 7.32. The van der Waals surface area contributed by atoms with Crippen molar-refractivity contribution in [1.29, 1.82) is 0 Å². The van der Waals surface area contributed by atoms with E-state index in [0.29, 0.717) is 0 Å². The molecule has 0 radical (unpaired) electrons. The number of unbranched alkanes of at least 4 members (excludes halogenated alkanes) is 2. The predicted molar refractivity (Wildman–Crippen MR) is 278 cm³/mol. The molecule has 8 aromatic carbocycles. The molecule has 0 N–H and O–H groups in total. The molecule has 1 aliphatic rings. The fourth-order valence-corrected chi connectivity index (χ4v) is 10.3. The van der Waals surface area contributed by atoms with E-state index < -0.39 is 0 Å². The van der Waals surface area contributed by atoms with Crippen LogP contribution in [0.4, 0.5) is 0 Å². The van der Waals surface area contributed by atoms with Gasteiger partial charge in [-0.25, -0.2) is 9.97 Å². The van der Waals surface area contributed by atoms with Crippen molar-refractivity contribution in [3.63, 3.8) is 0 Å². The number of benzene rings is 8. The summed E-state index contributed by atoms with van der Waals surface area (Å²) in [4.78, 5) is 10.9. The first-order chi connectivity index (χ1) is 32.7. The van der Waals surface area contributed by atoms with Crippen LogP contribution in [0, 0.1) is 0 Å². The Bertz CT molecular complexity index is 3740. The van der Waals surface area contributed by atoms with E-state index in [1.165, 1.54) is 78.5 Å². The molecule has 1 aliphatic carbocycles. The maximum absolute atomic E-state index is 5.49. The highest BCUT2D eigenvalue weighted by molar-refractivity contribution is 6.12. The van der Waals surface area contributed by atoms with Gasteiger partial charge in [0.05, 0.1) is 33.5 Å². The molecule has 66 heavy (non-hydrogen) atoms. The molecule has 0 fully saturated rings. The second-order valence-corrected chi connectivity index (χ2v) is 17.5. The van der Waals surface area contributed by atoms with E-state index in [1.54, 1.807) is 0 Å². The summed E-state index contributed by atoms with van der Waals surface area (Å²) in [6, 6.07) is 68.3. The van der Waals surface area contributed by atoms with E-state index in [9.17, 15) is 0 Å². The molecular formula is C62H48N4. The lowest BCUT2D eigenvalue weighted by Crippen LogP contribution is -2.02. The van der Waals surface area contributed by atoms with E-state index >= 15 is 0 Å². The number of allylic oxidation sites excluding steroid dienone is 6. The summed E-state index contributed by atoms with van der Waals surface area (Å²) in [6.07, 6.45) is 14.2. The minimum absolute atomic E-state index is 0.727. The van der Waals surface area contributed by atoms with Gasteiger partial charge in [0.25, 0.3) is 0 Å². The maximum Gasteiger partial charge on any atom is 0.160 e. The number of aromatic nitrogens is 4. The number of nitrogens with zero attached hydrogens (tertiary/aromatic N) is 4. The van der Waals surface area contributed by atoms with Crippen molar-refractivity contribution in [3.05, 3.63) is 224 Å². The molecule has 0 aliphatic heterocycles. The van der Waals surface area contributed by atoms with Gasteiger partial charge < -0.3 is 9.13 Å². The molecule has 316 valence electrons. The van der Waals surface area contributed by atoms with Crippen LogP contribution in [0.2, 0.25) is 0 Å². The van der Waals surface area contributed by atoms with Crippen LogP contribution in [-0.4, -0.2) is 19.1 Å². The summed E-state index contributed by atoms with van der Waals surface area (Å²) >= 11 is 0. The lowest BCUT2D eigenvalue weighted by Gasteiger charge is -2.17. The van der Waals surface area contributed by atoms with Gasteiger partial charge in [-0.3, -0.25) is 0 Å². The Morgan fingerprint density at radius 3 is 1.97 bits per heavy atom. The van der Waals surface area contributed by atoms with Crippen LogP contribution >= 0.6 is 0 Å². The van der Waals surface area contributed by atoms with Gasteiger partial charge in [-0.1, -0.05) is 171 Å². The molecule has 0 unspecified atom stereocenters. The minimum Gasteiger partial charge on any atom is -0.309 e. The van der Waals surface area contributed by atoms with Crippen molar-refractivity contribution in [2.24, 2.45) is 0 Å². The molecule has 4 nitrogen and oxygen atoms in total. The number of rotatable bonds is 10. The van der Waals surface area contributed by atoms with Gasteiger partial charge in [0, 0.05) is 44.0 Å². The third-order valence-corrected chi connectivity index (χ3v) is 13.5. The molecule has 0 amide bonds. The Kier molecular flexibility index (Phi) is 10.1. The summed E-state index contributed by atoms with van der Waals surface area (Å²) in [5.41, 5.74) is 16.0. The maximum atomic E-state index is 5.49. The van der Waals surface area contributed by atoms with E-state index in [1.807, 2.05) is 0 Å². The fourth-order valence-electron chi connectivity index (χ4n) is 10.3. The van der Waals surface area contributed by atoms with Gasteiger partial charge in [0.15, 0.2) is 5.82 Å². The molecule has 0 saturated heterocycles. The summed E-state index contributed by atoms with van der Waals surface area (Å²) in [6.45, 7) is 2.27. The highest BCUT2D eigenvalue weighted by atomic mass is 15.0. The Morgan fingerprint density at radius 2 is 1.15 bits per heavy atom. The first-order valence-electron chi connectivity index (χ1n) is 23.4. The second-order valence-electron chi connectivity index (χ2n) is 17.5. The average Bonchev–Trinajstić information content (AvgIpc) is 3.90. The second kappa shape index (κ2) is 16.8. The zero-order chi connectivity index (χ0) is 44.0.